The minimum absolute atomic E-state index is 0.193. The van der Waals surface area contributed by atoms with E-state index in [9.17, 15) is 4.79 Å². The van der Waals surface area contributed by atoms with E-state index in [0.717, 1.165) is 38.1 Å². The van der Waals surface area contributed by atoms with Crippen molar-refractivity contribution in [1.82, 2.24) is 4.90 Å². The molecule has 1 aliphatic rings. The zero-order valence-corrected chi connectivity index (χ0v) is 12.0. The molecule has 1 aromatic carbocycles. The first-order chi connectivity index (χ1) is 9.60. The topological polar surface area (TPSA) is 59.0 Å². The molecule has 5 heteroatoms. The van der Waals surface area contributed by atoms with E-state index in [1.165, 1.54) is 7.11 Å². The van der Waals surface area contributed by atoms with Gasteiger partial charge in [0.2, 0.25) is 0 Å². The van der Waals surface area contributed by atoms with Crippen LogP contribution in [0.25, 0.3) is 0 Å². The molecule has 1 aliphatic heterocycles. The molecule has 0 radical (unpaired) electrons. The summed E-state index contributed by atoms with van der Waals surface area (Å²) in [6.45, 7) is 2.50. The quantitative estimate of drug-likeness (QED) is 0.863. The van der Waals surface area contributed by atoms with Gasteiger partial charge in [0.05, 0.1) is 13.2 Å². The lowest BCUT2D eigenvalue weighted by Gasteiger charge is -2.21. The SMILES string of the molecule is COc1cc(CN(C)CC2CCCO2)ccc1C(=O)O. The van der Waals surface area contributed by atoms with Crippen molar-refractivity contribution in [3.63, 3.8) is 0 Å². The van der Waals surface area contributed by atoms with Crippen LogP contribution in [0.15, 0.2) is 18.2 Å². The molecule has 1 N–H and O–H groups in total. The Hall–Kier alpha value is -1.59. The Morgan fingerprint density at radius 2 is 2.35 bits per heavy atom. The lowest BCUT2D eigenvalue weighted by Crippen LogP contribution is -2.28. The van der Waals surface area contributed by atoms with Crippen LogP contribution in [0.5, 0.6) is 5.75 Å². The van der Waals surface area contributed by atoms with E-state index in [1.54, 1.807) is 12.1 Å². The second-order valence-electron chi connectivity index (χ2n) is 5.17. The summed E-state index contributed by atoms with van der Waals surface area (Å²) in [5.74, 6) is -0.568. The Morgan fingerprint density at radius 3 is 2.95 bits per heavy atom. The van der Waals surface area contributed by atoms with Gasteiger partial charge < -0.3 is 14.6 Å². The molecule has 0 amide bonds. The first-order valence-corrected chi connectivity index (χ1v) is 6.80. The lowest BCUT2D eigenvalue weighted by molar-refractivity contribution is 0.0693. The summed E-state index contributed by atoms with van der Waals surface area (Å²) in [6.07, 6.45) is 2.57. The Bertz CT molecular complexity index is 469. The number of likely N-dealkylation sites (N-methyl/N-ethyl adjacent to an activating group) is 1. The Morgan fingerprint density at radius 1 is 1.55 bits per heavy atom. The number of nitrogens with zero attached hydrogens (tertiary/aromatic N) is 1. The number of carboxylic acid groups (broad SMARTS) is 1. The lowest BCUT2D eigenvalue weighted by atomic mass is 10.1. The van der Waals surface area contributed by atoms with Crippen LogP contribution in [0.2, 0.25) is 0 Å². The smallest absolute Gasteiger partial charge is 0.339 e. The number of methoxy groups -OCH3 is 1. The van der Waals surface area contributed by atoms with Crippen molar-refractivity contribution in [2.75, 3.05) is 27.3 Å². The van der Waals surface area contributed by atoms with Crippen LogP contribution in [0.4, 0.5) is 0 Å². The molecular weight excluding hydrogens is 258 g/mol. The van der Waals surface area contributed by atoms with Gasteiger partial charge in [-0.15, -0.1) is 0 Å². The van der Waals surface area contributed by atoms with Gasteiger partial charge in [-0.1, -0.05) is 6.07 Å². The van der Waals surface area contributed by atoms with E-state index in [4.69, 9.17) is 14.6 Å². The van der Waals surface area contributed by atoms with Gasteiger partial charge in [0.15, 0.2) is 0 Å². The fraction of sp³-hybridized carbons (Fsp3) is 0.533. The van der Waals surface area contributed by atoms with Gasteiger partial charge in [-0.2, -0.15) is 0 Å². The summed E-state index contributed by atoms with van der Waals surface area (Å²) in [5, 5.41) is 9.05. The maximum absolute atomic E-state index is 11.0. The number of hydrogen-bond donors (Lipinski definition) is 1. The van der Waals surface area contributed by atoms with Crippen molar-refractivity contribution in [2.24, 2.45) is 0 Å². The van der Waals surface area contributed by atoms with E-state index < -0.39 is 5.97 Å². The number of carboxylic acids is 1. The highest BCUT2D eigenvalue weighted by Crippen LogP contribution is 2.21. The summed E-state index contributed by atoms with van der Waals surface area (Å²) in [4.78, 5) is 13.2. The molecule has 1 atom stereocenters. The number of ether oxygens (including phenoxy) is 2. The fourth-order valence-electron chi connectivity index (χ4n) is 2.52. The van der Waals surface area contributed by atoms with Crippen LogP contribution in [0.3, 0.4) is 0 Å². The highest BCUT2D eigenvalue weighted by Gasteiger charge is 2.18. The third kappa shape index (κ3) is 3.71. The van der Waals surface area contributed by atoms with E-state index in [-0.39, 0.29) is 5.56 Å². The van der Waals surface area contributed by atoms with Gasteiger partial charge in [0.25, 0.3) is 0 Å². The average molecular weight is 279 g/mol. The average Bonchev–Trinajstić information content (AvgIpc) is 2.90. The maximum Gasteiger partial charge on any atom is 0.339 e. The van der Waals surface area contributed by atoms with Gasteiger partial charge in [-0.3, -0.25) is 4.90 Å². The number of rotatable bonds is 6. The molecule has 0 spiro atoms. The summed E-state index contributed by atoms with van der Waals surface area (Å²) in [6, 6.07) is 5.21. The third-order valence-corrected chi connectivity index (χ3v) is 3.49. The van der Waals surface area contributed by atoms with Crippen LogP contribution >= 0.6 is 0 Å². The van der Waals surface area contributed by atoms with Crippen LogP contribution in [-0.4, -0.2) is 49.4 Å². The van der Waals surface area contributed by atoms with Crippen molar-refractivity contribution in [3.05, 3.63) is 29.3 Å². The van der Waals surface area contributed by atoms with E-state index >= 15 is 0 Å². The number of aromatic carboxylic acids is 1. The first kappa shape index (κ1) is 14.8. The normalized spacial score (nSPS) is 18.4. The highest BCUT2D eigenvalue weighted by atomic mass is 16.5. The van der Waals surface area contributed by atoms with Gasteiger partial charge in [0, 0.05) is 19.7 Å². The molecule has 1 saturated heterocycles. The molecule has 0 aliphatic carbocycles. The molecule has 1 heterocycles. The molecular formula is C15H21NO4. The third-order valence-electron chi connectivity index (χ3n) is 3.49. The summed E-state index contributed by atoms with van der Waals surface area (Å²) < 4.78 is 10.8. The van der Waals surface area contributed by atoms with Crippen LogP contribution < -0.4 is 4.74 Å². The molecule has 0 saturated carbocycles. The molecule has 0 bridgehead atoms. The standard InChI is InChI=1S/C15H21NO4/c1-16(10-12-4-3-7-20-12)9-11-5-6-13(15(17)18)14(8-11)19-2/h5-6,8,12H,3-4,7,9-10H2,1-2H3,(H,17,18). The maximum atomic E-state index is 11.0. The molecule has 5 nitrogen and oxygen atoms in total. The predicted octanol–water partition coefficient (Wildman–Crippen LogP) is 2.00. The number of carbonyl (C=O) groups is 1. The second-order valence-corrected chi connectivity index (χ2v) is 5.17. The van der Waals surface area contributed by atoms with Gasteiger partial charge in [-0.25, -0.2) is 4.79 Å². The van der Waals surface area contributed by atoms with Crippen molar-refractivity contribution >= 4 is 5.97 Å². The molecule has 1 fully saturated rings. The van der Waals surface area contributed by atoms with Gasteiger partial charge >= 0.3 is 5.97 Å². The first-order valence-electron chi connectivity index (χ1n) is 6.80. The molecule has 2 rings (SSSR count). The van der Waals surface area contributed by atoms with Crippen LogP contribution in [0, 0.1) is 0 Å². The molecule has 110 valence electrons. The number of benzene rings is 1. The van der Waals surface area contributed by atoms with E-state index in [2.05, 4.69) is 4.90 Å². The van der Waals surface area contributed by atoms with Crippen molar-refractivity contribution in [1.29, 1.82) is 0 Å². The Labute approximate surface area is 119 Å². The largest absolute Gasteiger partial charge is 0.496 e. The van der Waals surface area contributed by atoms with Gasteiger partial charge in [0.1, 0.15) is 11.3 Å². The van der Waals surface area contributed by atoms with Crippen LogP contribution in [0.1, 0.15) is 28.8 Å². The molecule has 1 aromatic rings. The highest BCUT2D eigenvalue weighted by molar-refractivity contribution is 5.90. The second kappa shape index (κ2) is 6.72. The Kier molecular flexibility index (Phi) is 4.98. The van der Waals surface area contributed by atoms with Crippen molar-refractivity contribution in [2.45, 2.75) is 25.5 Å². The minimum atomic E-state index is -0.971. The molecule has 0 aromatic heterocycles. The molecule has 1 unspecified atom stereocenters. The number of hydrogen-bond acceptors (Lipinski definition) is 4. The van der Waals surface area contributed by atoms with Crippen molar-refractivity contribution in [3.8, 4) is 5.75 Å². The Balaban J connectivity index is 1.99. The zero-order chi connectivity index (χ0) is 14.5. The monoisotopic (exact) mass is 279 g/mol. The minimum Gasteiger partial charge on any atom is -0.496 e. The van der Waals surface area contributed by atoms with Gasteiger partial charge in [-0.05, 0) is 37.6 Å². The molecule has 20 heavy (non-hydrogen) atoms. The fourth-order valence-corrected chi connectivity index (χ4v) is 2.52. The predicted molar refractivity (Wildman–Crippen MR) is 75.3 cm³/mol. The zero-order valence-electron chi connectivity index (χ0n) is 12.0. The van der Waals surface area contributed by atoms with E-state index in [0.29, 0.717) is 11.9 Å². The summed E-state index contributed by atoms with van der Waals surface area (Å²) in [5.41, 5.74) is 1.23. The van der Waals surface area contributed by atoms with Crippen LogP contribution in [-0.2, 0) is 11.3 Å². The van der Waals surface area contributed by atoms with E-state index in [1.807, 2.05) is 13.1 Å². The van der Waals surface area contributed by atoms with Crippen molar-refractivity contribution < 1.29 is 19.4 Å². The summed E-state index contributed by atoms with van der Waals surface area (Å²) >= 11 is 0. The summed E-state index contributed by atoms with van der Waals surface area (Å²) in [7, 11) is 3.53.